The molecule has 2 atom stereocenters. The van der Waals surface area contributed by atoms with E-state index in [1.807, 2.05) is 31.2 Å². The molecule has 5 heteroatoms. The Morgan fingerprint density at radius 2 is 1.93 bits per heavy atom. The number of ether oxygens (including phenoxy) is 2. The highest BCUT2D eigenvalue weighted by molar-refractivity contribution is 5.97. The second kappa shape index (κ2) is 13.0. The van der Waals surface area contributed by atoms with Crippen molar-refractivity contribution in [2.45, 2.75) is 78.2 Å². The van der Waals surface area contributed by atoms with E-state index in [1.54, 1.807) is 0 Å². The molecule has 0 spiro atoms. The highest BCUT2D eigenvalue weighted by atomic mass is 16.5. The number of hydrogen-bond acceptors (Lipinski definition) is 4. The molecular formula is C25H42N2O3. The minimum absolute atomic E-state index is 0.0752. The first-order valence-corrected chi connectivity index (χ1v) is 11.9. The fourth-order valence-corrected chi connectivity index (χ4v) is 3.96. The fraction of sp³-hybridized carbons (Fsp3) is 0.720. The van der Waals surface area contributed by atoms with Gasteiger partial charge in [-0.15, -0.1) is 0 Å². The molecular weight excluding hydrogens is 376 g/mol. The van der Waals surface area contributed by atoms with Crippen LogP contribution >= 0.6 is 0 Å². The van der Waals surface area contributed by atoms with Crippen molar-refractivity contribution in [1.82, 2.24) is 4.90 Å². The summed E-state index contributed by atoms with van der Waals surface area (Å²) >= 11 is 0. The number of piperidine rings is 1. The summed E-state index contributed by atoms with van der Waals surface area (Å²) in [4.78, 5) is 15.4. The van der Waals surface area contributed by atoms with Gasteiger partial charge in [-0.05, 0) is 75.8 Å². The van der Waals surface area contributed by atoms with Crippen molar-refractivity contribution in [2.24, 2.45) is 5.92 Å². The summed E-state index contributed by atoms with van der Waals surface area (Å²) in [5.74, 6) is 1.59. The molecule has 0 unspecified atom stereocenters. The van der Waals surface area contributed by atoms with Crippen molar-refractivity contribution >= 4 is 11.6 Å². The third-order valence-electron chi connectivity index (χ3n) is 5.85. The Morgan fingerprint density at radius 1 is 1.17 bits per heavy atom. The summed E-state index contributed by atoms with van der Waals surface area (Å²) < 4.78 is 11.8. The standard InChI is InChI=1S/C25H42N2O3/c1-5-7-15-25(4,30-18-6-2)24(28)26-22-11-13-23(14-12-22)29-19-9-17-27-16-8-10-21(3)20-27/h11-14,21H,5-10,15-20H2,1-4H3,(H,26,28)/t21-,25-/m0/s1. The number of rotatable bonds is 13. The Bertz CT molecular complexity index is 609. The SMILES string of the molecule is CCCC[C@](C)(OCCC)C(=O)Nc1ccc(OCCCN2CCC[C@H](C)C2)cc1. The van der Waals surface area contributed by atoms with Gasteiger partial charge in [-0.1, -0.05) is 33.6 Å². The van der Waals surface area contributed by atoms with Crippen LogP contribution < -0.4 is 10.1 Å². The maximum absolute atomic E-state index is 12.8. The number of hydrogen-bond donors (Lipinski definition) is 1. The van der Waals surface area contributed by atoms with Crippen LogP contribution in [0.5, 0.6) is 5.75 Å². The quantitative estimate of drug-likeness (QED) is 0.430. The average Bonchev–Trinajstić information content (AvgIpc) is 2.75. The number of unbranched alkanes of at least 4 members (excludes halogenated alkanes) is 1. The third-order valence-corrected chi connectivity index (χ3v) is 5.85. The second-order valence-corrected chi connectivity index (χ2v) is 8.91. The smallest absolute Gasteiger partial charge is 0.256 e. The molecule has 170 valence electrons. The lowest BCUT2D eigenvalue weighted by Gasteiger charge is -2.30. The molecule has 0 bridgehead atoms. The van der Waals surface area contributed by atoms with Gasteiger partial charge >= 0.3 is 0 Å². The van der Waals surface area contributed by atoms with Gasteiger partial charge in [0.1, 0.15) is 11.4 Å². The van der Waals surface area contributed by atoms with Crippen molar-refractivity contribution in [3.63, 3.8) is 0 Å². The maximum atomic E-state index is 12.8. The lowest BCUT2D eigenvalue weighted by Crippen LogP contribution is -2.43. The molecule has 1 saturated heterocycles. The van der Waals surface area contributed by atoms with Gasteiger partial charge in [0.25, 0.3) is 5.91 Å². The lowest BCUT2D eigenvalue weighted by atomic mass is 9.97. The van der Waals surface area contributed by atoms with Gasteiger partial charge in [0.05, 0.1) is 6.61 Å². The van der Waals surface area contributed by atoms with Crippen LogP contribution in [0.25, 0.3) is 0 Å². The summed E-state index contributed by atoms with van der Waals surface area (Å²) in [5, 5.41) is 3.02. The van der Waals surface area contributed by atoms with E-state index in [2.05, 4.69) is 31.0 Å². The summed E-state index contributed by atoms with van der Waals surface area (Å²) in [6.07, 6.45) is 7.35. The van der Waals surface area contributed by atoms with Crippen LogP contribution in [0.1, 0.15) is 72.6 Å². The Balaban J connectivity index is 1.77. The van der Waals surface area contributed by atoms with Crippen LogP contribution in [0.4, 0.5) is 5.69 Å². The molecule has 1 heterocycles. The molecule has 2 rings (SSSR count). The molecule has 5 nitrogen and oxygen atoms in total. The van der Waals surface area contributed by atoms with E-state index >= 15 is 0 Å². The molecule has 1 aromatic carbocycles. The molecule has 30 heavy (non-hydrogen) atoms. The molecule has 0 radical (unpaired) electrons. The Hall–Kier alpha value is -1.59. The molecule has 0 aromatic heterocycles. The number of amides is 1. The van der Waals surface area contributed by atoms with Crippen molar-refractivity contribution in [3.05, 3.63) is 24.3 Å². The predicted molar refractivity (Wildman–Crippen MR) is 124 cm³/mol. The van der Waals surface area contributed by atoms with Crippen LogP contribution in [0.15, 0.2) is 24.3 Å². The summed E-state index contributed by atoms with van der Waals surface area (Å²) in [6.45, 7) is 13.3. The normalized spacial score (nSPS) is 19.3. The van der Waals surface area contributed by atoms with E-state index in [9.17, 15) is 4.79 Å². The van der Waals surface area contributed by atoms with Crippen molar-refractivity contribution < 1.29 is 14.3 Å². The minimum Gasteiger partial charge on any atom is -0.494 e. The first-order chi connectivity index (χ1) is 14.5. The Labute approximate surface area is 183 Å². The van der Waals surface area contributed by atoms with Gasteiger partial charge in [-0.2, -0.15) is 0 Å². The predicted octanol–water partition coefficient (Wildman–Crippen LogP) is 5.50. The maximum Gasteiger partial charge on any atom is 0.256 e. The van der Waals surface area contributed by atoms with Crippen LogP contribution in [-0.4, -0.2) is 49.3 Å². The Kier molecular flexibility index (Phi) is 10.7. The molecule has 1 N–H and O–H groups in total. The number of likely N-dealkylation sites (tertiary alicyclic amines) is 1. The number of carbonyl (C=O) groups is 1. The van der Waals surface area contributed by atoms with E-state index in [0.29, 0.717) is 6.61 Å². The molecule has 1 aliphatic heterocycles. The van der Waals surface area contributed by atoms with Crippen LogP contribution in [0.3, 0.4) is 0 Å². The van der Waals surface area contributed by atoms with E-state index in [0.717, 1.165) is 62.6 Å². The number of benzene rings is 1. The van der Waals surface area contributed by atoms with Crippen molar-refractivity contribution in [3.8, 4) is 5.75 Å². The largest absolute Gasteiger partial charge is 0.494 e. The van der Waals surface area contributed by atoms with E-state index in [-0.39, 0.29) is 5.91 Å². The number of nitrogens with zero attached hydrogens (tertiary/aromatic N) is 1. The number of carbonyl (C=O) groups excluding carboxylic acids is 1. The molecule has 1 aromatic rings. The molecule has 0 aliphatic carbocycles. The summed E-state index contributed by atoms with van der Waals surface area (Å²) in [5.41, 5.74) is -0.00914. The van der Waals surface area contributed by atoms with Gasteiger partial charge in [0.2, 0.25) is 0 Å². The van der Waals surface area contributed by atoms with Crippen LogP contribution in [-0.2, 0) is 9.53 Å². The van der Waals surface area contributed by atoms with Crippen LogP contribution in [0, 0.1) is 5.92 Å². The van der Waals surface area contributed by atoms with Gasteiger partial charge < -0.3 is 19.7 Å². The zero-order valence-electron chi connectivity index (χ0n) is 19.5. The highest BCUT2D eigenvalue weighted by Gasteiger charge is 2.33. The average molecular weight is 419 g/mol. The summed E-state index contributed by atoms with van der Waals surface area (Å²) in [6, 6.07) is 7.66. The minimum atomic E-state index is -0.785. The first kappa shape index (κ1) is 24.7. The third kappa shape index (κ3) is 8.27. The summed E-state index contributed by atoms with van der Waals surface area (Å²) in [7, 11) is 0. The van der Waals surface area contributed by atoms with E-state index in [1.165, 1.54) is 25.9 Å². The van der Waals surface area contributed by atoms with Crippen molar-refractivity contribution in [2.75, 3.05) is 38.2 Å². The molecule has 0 saturated carbocycles. The van der Waals surface area contributed by atoms with Gasteiger partial charge in [0, 0.05) is 25.4 Å². The molecule has 1 amide bonds. The zero-order valence-corrected chi connectivity index (χ0v) is 19.5. The zero-order chi connectivity index (χ0) is 21.8. The number of anilines is 1. The number of nitrogens with one attached hydrogen (secondary N) is 1. The highest BCUT2D eigenvalue weighted by Crippen LogP contribution is 2.23. The first-order valence-electron chi connectivity index (χ1n) is 11.9. The van der Waals surface area contributed by atoms with Gasteiger partial charge in [-0.25, -0.2) is 0 Å². The van der Waals surface area contributed by atoms with Crippen molar-refractivity contribution in [1.29, 1.82) is 0 Å². The molecule has 1 aliphatic rings. The topological polar surface area (TPSA) is 50.8 Å². The van der Waals surface area contributed by atoms with Gasteiger partial charge in [0.15, 0.2) is 0 Å². The van der Waals surface area contributed by atoms with E-state index in [4.69, 9.17) is 9.47 Å². The molecule has 1 fully saturated rings. The van der Waals surface area contributed by atoms with E-state index < -0.39 is 5.60 Å². The fourth-order valence-electron chi connectivity index (χ4n) is 3.96. The Morgan fingerprint density at radius 3 is 2.60 bits per heavy atom. The second-order valence-electron chi connectivity index (χ2n) is 8.91. The van der Waals surface area contributed by atoms with Crippen LogP contribution in [0.2, 0.25) is 0 Å². The lowest BCUT2D eigenvalue weighted by molar-refractivity contribution is -0.140. The van der Waals surface area contributed by atoms with Gasteiger partial charge in [-0.3, -0.25) is 4.79 Å². The monoisotopic (exact) mass is 418 g/mol.